The van der Waals surface area contributed by atoms with Crippen LogP contribution in [-0.4, -0.2) is 9.78 Å². The van der Waals surface area contributed by atoms with Crippen LogP contribution in [0.2, 0.25) is 10.2 Å². The molecule has 0 aliphatic heterocycles. The van der Waals surface area contributed by atoms with Crippen LogP contribution in [0, 0.1) is 11.3 Å². The Morgan fingerprint density at radius 2 is 1.87 bits per heavy atom. The van der Waals surface area contributed by atoms with E-state index in [9.17, 15) is 0 Å². The zero-order valence-corrected chi connectivity index (χ0v) is 9.00. The van der Waals surface area contributed by atoms with Gasteiger partial charge in [-0.1, -0.05) is 23.2 Å². The van der Waals surface area contributed by atoms with E-state index in [0.717, 1.165) is 5.69 Å². The summed E-state index contributed by atoms with van der Waals surface area (Å²) in [5, 5.41) is 13.7. The SMILES string of the molecule is N#Cc1cnn(-c2ccc(Cl)cc2)c1Cl. The molecule has 0 aliphatic rings. The Bertz CT molecular complexity index is 523. The van der Waals surface area contributed by atoms with Crippen LogP contribution in [-0.2, 0) is 0 Å². The molecule has 0 saturated heterocycles. The second kappa shape index (κ2) is 3.93. The first-order valence-corrected chi connectivity index (χ1v) is 4.87. The maximum atomic E-state index is 8.71. The lowest BCUT2D eigenvalue weighted by molar-refractivity contribution is 0.881. The number of rotatable bonds is 1. The minimum atomic E-state index is 0.305. The number of hydrogen-bond acceptors (Lipinski definition) is 2. The number of benzene rings is 1. The van der Waals surface area contributed by atoms with Crippen LogP contribution in [0.25, 0.3) is 5.69 Å². The van der Waals surface area contributed by atoms with E-state index < -0.39 is 0 Å². The molecule has 0 spiro atoms. The van der Waals surface area contributed by atoms with Gasteiger partial charge in [0.1, 0.15) is 11.6 Å². The Morgan fingerprint density at radius 1 is 1.20 bits per heavy atom. The fourth-order valence-corrected chi connectivity index (χ4v) is 1.53. The van der Waals surface area contributed by atoms with Crippen molar-refractivity contribution in [3.63, 3.8) is 0 Å². The van der Waals surface area contributed by atoms with Crippen LogP contribution in [0.15, 0.2) is 30.5 Å². The van der Waals surface area contributed by atoms with E-state index in [-0.39, 0.29) is 0 Å². The molecule has 2 rings (SSSR count). The van der Waals surface area contributed by atoms with E-state index in [2.05, 4.69) is 5.10 Å². The van der Waals surface area contributed by atoms with Crippen molar-refractivity contribution >= 4 is 23.2 Å². The van der Waals surface area contributed by atoms with Gasteiger partial charge in [-0.25, -0.2) is 4.68 Å². The summed E-state index contributed by atoms with van der Waals surface area (Å²) in [6, 6.07) is 8.99. The van der Waals surface area contributed by atoms with E-state index in [1.165, 1.54) is 10.9 Å². The number of halogens is 2. The normalized spacial score (nSPS) is 9.93. The lowest BCUT2D eigenvalue weighted by atomic mass is 10.3. The van der Waals surface area contributed by atoms with Crippen LogP contribution in [0.1, 0.15) is 5.56 Å². The minimum absolute atomic E-state index is 0.305. The Hall–Kier alpha value is -1.50. The first-order chi connectivity index (χ1) is 7.22. The van der Waals surface area contributed by atoms with Crippen LogP contribution < -0.4 is 0 Å². The van der Waals surface area contributed by atoms with Gasteiger partial charge in [0.2, 0.25) is 0 Å². The molecule has 3 nitrogen and oxygen atoms in total. The first kappa shape index (κ1) is 10.0. The van der Waals surface area contributed by atoms with Crippen molar-refractivity contribution in [3.05, 3.63) is 46.2 Å². The van der Waals surface area contributed by atoms with Crippen molar-refractivity contribution in [3.8, 4) is 11.8 Å². The van der Waals surface area contributed by atoms with Gasteiger partial charge in [-0.3, -0.25) is 0 Å². The molecule has 0 N–H and O–H groups in total. The smallest absolute Gasteiger partial charge is 0.150 e. The number of hydrogen-bond donors (Lipinski definition) is 0. The summed E-state index contributed by atoms with van der Waals surface area (Å²) in [6.07, 6.45) is 1.43. The maximum Gasteiger partial charge on any atom is 0.150 e. The molecule has 5 heteroatoms. The van der Waals surface area contributed by atoms with Crippen LogP contribution >= 0.6 is 23.2 Å². The summed E-state index contributed by atoms with van der Waals surface area (Å²) in [7, 11) is 0. The van der Waals surface area contributed by atoms with Gasteiger partial charge in [0, 0.05) is 5.02 Å². The molecule has 2 aromatic rings. The zero-order chi connectivity index (χ0) is 10.8. The summed E-state index contributed by atoms with van der Waals surface area (Å²) in [4.78, 5) is 0. The van der Waals surface area contributed by atoms with Crippen molar-refractivity contribution < 1.29 is 0 Å². The molecule has 0 aliphatic carbocycles. The van der Waals surface area contributed by atoms with E-state index >= 15 is 0 Å². The van der Waals surface area contributed by atoms with Crippen molar-refractivity contribution in [2.75, 3.05) is 0 Å². The average molecular weight is 238 g/mol. The predicted octanol–water partition coefficient (Wildman–Crippen LogP) is 3.05. The Morgan fingerprint density at radius 3 is 2.40 bits per heavy atom. The van der Waals surface area contributed by atoms with Crippen molar-refractivity contribution in [1.29, 1.82) is 5.26 Å². The van der Waals surface area contributed by atoms with E-state index in [1.54, 1.807) is 24.3 Å². The molecular weight excluding hydrogens is 233 g/mol. The molecule has 1 aromatic carbocycles. The highest BCUT2D eigenvalue weighted by Crippen LogP contribution is 2.20. The number of nitrogens with zero attached hydrogens (tertiary/aromatic N) is 3. The van der Waals surface area contributed by atoms with Gasteiger partial charge < -0.3 is 0 Å². The highest BCUT2D eigenvalue weighted by Gasteiger charge is 2.08. The standard InChI is InChI=1S/C10H5Cl2N3/c11-8-1-3-9(4-2-8)15-10(12)7(5-13)6-14-15/h1-4,6H. The van der Waals surface area contributed by atoms with Gasteiger partial charge in [0.15, 0.2) is 5.15 Å². The number of nitriles is 1. The molecule has 0 saturated carbocycles. The molecule has 1 aromatic heterocycles. The van der Waals surface area contributed by atoms with Crippen LogP contribution in [0.4, 0.5) is 0 Å². The Kier molecular flexibility index (Phi) is 2.63. The fourth-order valence-electron chi connectivity index (χ4n) is 1.17. The summed E-state index contributed by atoms with van der Waals surface area (Å²) in [5.41, 5.74) is 1.12. The highest BCUT2D eigenvalue weighted by atomic mass is 35.5. The highest BCUT2D eigenvalue weighted by molar-refractivity contribution is 6.31. The van der Waals surface area contributed by atoms with E-state index in [1.807, 2.05) is 6.07 Å². The largest absolute Gasteiger partial charge is 0.221 e. The summed E-state index contributed by atoms with van der Waals surface area (Å²) in [5.74, 6) is 0. The number of aromatic nitrogens is 2. The molecular formula is C10H5Cl2N3. The maximum absolute atomic E-state index is 8.71. The van der Waals surface area contributed by atoms with Crippen molar-refractivity contribution in [2.45, 2.75) is 0 Å². The minimum Gasteiger partial charge on any atom is -0.221 e. The summed E-state index contributed by atoms with van der Waals surface area (Å²) < 4.78 is 1.48. The van der Waals surface area contributed by atoms with Crippen molar-refractivity contribution in [1.82, 2.24) is 9.78 Å². The monoisotopic (exact) mass is 237 g/mol. The second-order valence-corrected chi connectivity index (χ2v) is 3.64. The van der Waals surface area contributed by atoms with Gasteiger partial charge in [0.25, 0.3) is 0 Å². The van der Waals surface area contributed by atoms with E-state index in [0.29, 0.717) is 15.7 Å². The van der Waals surface area contributed by atoms with Gasteiger partial charge in [0.05, 0.1) is 11.9 Å². The molecule has 0 atom stereocenters. The van der Waals surface area contributed by atoms with Gasteiger partial charge in [-0.15, -0.1) is 0 Å². The van der Waals surface area contributed by atoms with Crippen LogP contribution in [0.5, 0.6) is 0 Å². The Labute approximate surface area is 96.5 Å². The molecule has 74 valence electrons. The second-order valence-electron chi connectivity index (χ2n) is 2.85. The third-order valence-corrected chi connectivity index (χ3v) is 2.52. The van der Waals surface area contributed by atoms with Crippen molar-refractivity contribution in [2.24, 2.45) is 0 Å². The summed E-state index contributed by atoms with van der Waals surface area (Å²) >= 11 is 11.7. The van der Waals surface area contributed by atoms with Gasteiger partial charge in [-0.2, -0.15) is 10.4 Å². The lowest BCUT2D eigenvalue weighted by Crippen LogP contribution is -1.95. The molecule has 15 heavy (non-hydrogen) atoms. The third kappa shape index (κ3) is 1.82. The summed E-state index contributed by atoms with van der Waals surface area (Å²) in [6.45, 7) is 0. The average Bonchev–Trinajstić information content (AvgIpc) is 2.61. The molecule has 0 radical (unpaired) electrons. The van der Waals surface area contributed by atoms with E-state index in [4.69, 9.17) is 28.5 Å². The molecule has 0 bridgehead atoms. The molecule has 0 unspecified atom stereocenters. The van der Waals surface area contributed by atoms with Crippen LogP contribution in [0.3, 0.4) is 0 Å². The Balaban J connectivity index is 2.51. The predicted molar refractivity (Wildman–Crippen MR) is 58.3 cm³/mol. The quantitative estimate of drug-likeness (QED) is 0.766. The lowest BCUT2D eigenvalue weighted by Gasteiger charge is -2.02. The van der Waals surface area contributed by atoms with Gasteiger partial charge >= 0.3 is 0 Å². The zero-order valence-electron chi connectivity index (χ0n) is 7.48. The van der Waals surface area contributed by atoms with Gasteiger partial charge in [-0.05, 0) is 24.3 Å². The first-order valence-electron chi connectivity index (χ1n) is 4.12. The third-order valence-electron chi connectivity index (χ3n) is 1.90. The fraction of sp³-hybridized carbons (Fsp3) is 0. The topological polar surface area (TPSA) is 41.6 Å². The molecule has 0 fully saturated rings. The molecule has 1 heterocycles. The molecule has 0 amide bonds.